The predicted octanol–water partition coefficient (Wildman–Crippen LogP) is 3.43. The first-order valence-corrected chi connectivity index (χ1v) is 8.48. The van der Waals surface area contributed by atoms with Gasteiger partial charge in [-0.25, -0.2) is 0 Å². The Labute approximate surface area is 142 Å². The minimum Gasteiger partial charge on any atom is -0.493 e. The lowest BCUT2D eigenvalue weighted by atomic mass is 10.0. The zero-order valence-corrected chi connectivity index (χ0v) is 14.1. The molecule has 0 unspecified atom stereocenters. The maximum absolute atomic E-state index is 6.45. The molecular weight excluding hydrogens is 310 g/mol. The Morgan fingerprint density at radius 3 is 3.00 bits per heavy atom. The summed E-state index contributed by atoms with van der Waals surface area (Å²) < 4.78 is 5.67. The number of rotatable bonds is 5. The summed E-state index contributed by atoms with van der Waals surface area (Å²) in [6, 6.07) is 6.03. The van der Waals surface area contributed by atoms with Crippen LogP contribution in [0.5, 0.6) is 5.75 Å². The molecule has 23 heavy (non-hydrogen) atoms. The smallest absolute Gasteiger partial charge is 0.127 e. The number of hydrogen-bond donors (Lipinski definition) is 2. The third kappa shape index (κ3) is 3.77. The van der Waals surface area contributed by atoms with Gasteiger partial charge in [0.2, 0.25) is 0 Å². The van der Waals surface area contributed by atoms with Crippen LogP contribution in [0, 0.1) is 0 Å². The van der Waals surface area contributed by atoms with E-state index in [9.17, 15) is 0 Å². The van der Waals surface area contributed by atoms with Gasteiger partial charge in [0.05, 0.1) is 17.3 Å². The van der Waals surface area contributed by atoms with Gasteiger partial charge >= 0.3 is 0 Å². The second kappa shape index (κ2) is 7.66. The van der Waals surface area contributed by atoms with Gasteiger partial charge in [-0.3, -0.25) is 4.98 Å². The Kier molecular flexibility index (Phi) is 5.36. The molecule has 0 saturated heterocycles. The molecule has 2 heterocycles. The molecule has 3 rings (SSSR count). The maximum atomic E-state index is 6.45. The van der Waals surface area contributed by atoms with Gasteiger partial charge in [-0.15, -0.1) is 0 Å². The first-order valence-electron chi connectivity index (χ1n) is 8.10. The van der Waals surface area contributed by atoms with E-state index in [-0.39, 0.29) is 0 Å². The first kappa shape index (κ1) is 16.1. The summed E-state index contributed by atoms with van der Waals surface area (Å²) in [5, 5.41) is 7.71. The highest BCUT2D eigenvalue weighted by Gasteiger charge is 2.15. The highest BCUT2D eigenvalue weighted by atomic mass is 35.5. The fourth-order valence-electron chi connectivity index (χ4n) is 2.96. The molecule has 2 aromatic rings. The van der Waals surface area contributed by atoms with E-state index in [2.05, 4.69) is 21.7 Å². The Morgan fingerprint density at radius 1 is 1.26 bits per heavy atom. The zero-order valence-electron chi connectivity index (χ0n) is 13.4. The van der Waals surface area contributed by atoms with Gasteiger partial charge in [-0.2, -0.15) is 0 Å². The van der Waals surface area contributed by atoms with Crippen molar-refractivity contribution in [2.24, 2.45) is 0 Å². The molecule has 0 spiro atoms. The van der Waals surface area contributed by atoms with Crippen LogP contribution in [0.25, 0.3) is 0 Å². The van der Waals surface area contributed by atoms with Crippen molar-refractivity contribution in [3.63, 3.8) is 0 Å². The third-order valence-electron chi connectivity index (χ3n) is 4.10. The predicted molar refractivity (Wildman–Crippen MR) is 94.5 cm³/mol. The molecule has 1 aliphatic rings. The lowest BCUT2D eigenvalue weighted by Crippen LogP contribution is -2.16. The lowest BCUT2D eigenvalue weighted by molar-refractivity contribution is 0.336. The number of nitrogens with one attached hydrogen (secondary N) is 2. The Hall–Kier alpha value is -1.78. The van der Waals surface area contributed by atoms with Gasteiger partial charge < -0.3 is 15.4 Å². The Balaban J connectivity index is 1.83. The molecule has 2 N–H and O–H groups in total. The molecule has 1 aromatic heterocycles. The minimum atomic E-state index is 0.643. The number of halogens is 1. The van der Waals surface area contributed by atoms with Crippen molar-refractivity contribution in [3.05, 3.63) is 52.3 Å². The van der Waals surface area contributed by atoms with Crippen LogP contribution in [0.4, 0.5) is 5.69 Å². The summed E-state index contributed by atoms with van der Waals surface area (Å²) in [4.78, 5) is 4.20. The highest BCUT2D eigenvalue weighted by Crippen LogP contribution is 2.31. The van der Waals surface area contributed by atoms with Gasteiger partial charge in [0.15, 0.2) is 0 Å². The molecule has 4 nitrogen and oxygen atoms in total. The van der Waals surface area contributed by atoms with E-state index in [0.717, 1.165) is 48.0 Å². The number of ether oxygens (including phenoxy) is 1. The number of anilines is 1. The molecule has 122 valence electrons. The summed E-state index contributed by atoms with van der Waals surface area (Å²) in [7, 11) is 0. The molecule has 1 aromatic carbocycles. The monoisotopic (exact) mass is 331 g/mol. The van der Waals surface area contributed by atoms with Crippen LogP contribution in [0.15, 0.2) is 30.6 Å². The van der Waals surface area contributed by atoms with Crippen molar-refractivity contribution in [1.29, 1.82) is 0 Å². The van der Waals surface area contributed by atoms with Gasteiger partial charge in [-0.05, 0) is 56.1 Å². The average Bonchev–Trinajstić information content (AvgIpc) is 2.81. The van der Waals surface area contributed by atoms with Crippen LogP contribution < -0.4 is 15.4 Å². The number of pyridine rings is 1. The third-order valence-corrected chi connectivity index (χ3v) is 4.41. The van der Waals surface area contributed by atoms with Crippen molar-refractivity contribution in [1.82, 2.24) is 10.3 Å². The fourth-order valence-corrected chi connectivity index (χ4v) is 3.21. The SMILES string of the molecule is CCOc1ccncc1CNc1c(Cl)ccc2c1CCNCC2. The summed E-state index contributed by atoms with van der Waals surface area (Å²) in [6.07, 6.45) is 5.62. The zero-order chi connectivity index (χ0) is 16.1. The number of fused-ring (bicyclic) bond motifs is 1. The van der Waals surface area contributed by atoms with E-state index < -0.39 is 0 Å². The molecule has 0 aliphatic carbocycles. The standard InChI is InChI=1S/C18H22ClN3O/c1-2-23-17-7-10-21-11-14(17)12-22-18-15-6-9-20-8-5-13(15)3-4-16(18)19/h3-4,7,10-11,20,22H,2,5-6,8-9,12H2,1H3. The van der Waals surface area contributed by atoms with Crippen molar-refractivity contribution < 1.29 is 4.74 Å². The number of hydrogen-bond acceptors (Lipinski definition) is 4. The van der Waals surface area contributed by atoms with Crippen LogP contribution in [0.3, 0.4) is 0 Å². The van der Waals surface area contributed by atoms with Crippen LogP contribution in [0.2, 0.25) is 5.02 Å². The highest BCUT2D eigenvalue weighted by molar-refractivity contribution is 6.33. The van der Waals surface area contributed by atoms with Crippen LogP contribution in [0.1, 0.15) is 23.6 Å². The average molecular weight is 332 g/mol. The quantitative estimate of drug-likeness (QED) is 0.881. The molecule has 5 heteroatoms. The van der Waals surface area contributed by atoms with Crippen molar-refractivity contribution >= 4 is 17.3 Å². The number of nitrogens with zero attached hydrogens (tertiary/aromatic N) is 1. The summed E-state index contributed by atoms with van der Waals surface area (Å²) in [5.74, 6) is 0.870. The van der Waals surface area contributed by atoms with E-state index in [4.69, 9.17) is 16.3 Å². The molecule has 0 amide bonds. The second-order valence-electron chi connectivity index (χ2n) is 5.58. The summed E-state index contributed by atoms with van der Waals surface area (Å²) >= 11 is 6.45. The largest absolute Gasteiger partial charge is 0.493 e. The molecule has 0 bridgehead atoms. The molecule has 0 radical (unpaired) electrons. The van der Waals surface area contributed by atoms with Gasteiger partial charge in [0, 0.05) is 24.5 Å². The van der Waals surface area contributed by atoms with Crippen LogP contribution >= 0.6 is 11.6 Å². The number of benzene rings is 1. The van der Waals surface area contributed by atoms with E-state index >= 15 is 0 Å². The van der Waals surface area contributed by atoms with Crippen LogP contribution in [-0.2, 0) is 19.4 Å². The van der Waals surface area contributed by atoms with Gasteiger partial charge in [0.25, 0.3) is 0 Å². The van der Waals surface area contributed by atoms with Gasteiger partial charge in [0.1, 0.15) is 5.75 Å². The van der Waals surface area contributed by atoms with Crippen molar-refractivity contribution in [2.75, 3.05) is 25.0 Å². The lowest BCUT2D eigenvalue weighted by Gasteiger charge is -2.17. The first-order chi connectivity index (χ1) is 11.3. The van der Waals surface area contributed by atoms with E-state index in [1.54, 1.807) is 6.20 Å². The maximum Gasteiger partial charge on any atom is 0.127 e. The normalized spacial score (nSPS) is 14.0. The molecule has 0 atom stereocenters. The van der Waals surface area contributed by atoms with Crippen LogP contribution in [-0.4, -0.2) is 24.7 Å². The minimum absolute atomic E-state index is 0.643. The molecule has 0 fully saturated rings. The summed E-state index contributed by atoms with van der Waals surface area (Å²) in [6.45, 7) is 5.28. The Morgan fingerprint density at radius 2 is 2.13 bits per heavy atom. The molecule has 1 aliphatic heterocycles. The van der Waals surface area contributed by atoms with E-state index in [1.807, 2.05) is 25.3 Å². The fraction of sp³-hybridized carbons (Fsp3) is 0.389. The topological polar surface area (TPSA) is 46.2 Å². The summed E-state index contributed by atoms with van der Waals surface area (Å²) in [5.41, 5.74) is 4.77. The van der Waals surface area contributed by atoms with Crippen molar-refractivity contribution in [2.45, 2.75) is 26.3 Å². The molecular formula is C18H22ClN3O. The second-order valence-corrected chi connectivity index (χ2v) is 5.99. The van der Waals surface area contributed by atoms with E-state index in [1.165, 1.54) is 11.1 Å². The number of aromatic nitrogens is 1. The van der Waals surface area contributed by atoms with Gasteiger partial charge in [-0.1, -0.05) is 17.7 Å². The van der Waals surface area contributed by atoms with Crippen molar-refractivity contribution in [3.8, 4) is 5.75 Å². The van der Waals surface area contributed by atoms with E-state index in [0.29, 0.717) is 13.2 Å². The molecule has 0 saturated carbocycles. The Bertz CT molecular complexity index is 675.